The molecule has 0 aromatic carbocycles. The molecule has 0 aromatic rings. The van der Waals surface area contributed by atoms with Crippen molar-refractivity contribution in [2.45, 2.75) is 68.1 Å². The Morgan fingerprint density at radius 3 is 2.23 bits per heavy atom. The van der Waals surface area contributed by atoms with Crippen LogP contribution in [-0.2, 0) is 10.1 Å². The lowest BCUT2D eigenvalue weighted by Crippen LogP contribution is -2.46. The molecule has 4 N–H and O–H groups in total. The molecule has 3 fully saturated rings. The van der Waals surface area contributed by atoms with Gasteiger partial charge in [0.2, 0.25) is 0 Å². The summed E-state index contributed by atoms with van der Waals surface area (Å²) in [6.45, 7) is 14.1. The predicted octanol–water partition coefficient (Wildman–Crippen LogP) is 0.602. The summed E-state index contributed by atoms with van der Waals surface area (Å²) in [5, 5.41) is 23.8. The Hall–Kier alpha value is -1.63. The third-order valence-corrected chi connectivity index (χ3v) is 6.90. The van der Waals surface area contributed by atoms with Gasteiger partial charge in [-0.05, 0) is 43.9 Å². The van der Waals surface area contributed by atoms with Crippen molar-refractivity contribution in [1.29, 1.82) is 0 Å². The SMILES string of the molecule is [C-]#[N+]C1NC(N=NC2C(O)CCC3CC(S(=O)(=O)O)CCC32)NC1[N+]#[C-]. The number of fused-ring (bicyclic) bond motifs is 1. The highest BCUT2D eigenvalue weighted by Gasteiger charge is 2.46. The second kappa shape index (κ2) is 7.55. The van der Waals surface area contributed by atoms with Crippen LogP contribution in [0, 0.1) is 25.0 Å². The van der Waals surface area contributed by atoms with Crippen molar-refractivity contribution in [3.05, 3.63) is 22.8 Å². The molecule has 7 unspecified atom stereocenters. The molecule has 2 aliphatic carbocycles. The monoisotopic (exact) mass is 382 g/mol. The lowest BCUT2D eigenvalue weighted by Gasteiger charge is -2.43. The fraction of sp³-hybridized carbons (Fsp3) is 0.867. The maximum absolute atomic E-state index is 11.4. The Morgan fingerprint density at radius 2 is 1.65 bits per heavy atom. The first-order chi connectivity index (χ1) is 12.3. The van der Waals surface area contributed by atoms with Crippen LogP contribution in [0.5, 0.6) is 0 Å². The number of hydrogen-bond donors (Lipinski definition) is 4. The summed E-state index contributed by atoms with van der Waals surface area (Å²) in [5.41, 5.74) is 0. The Morgan fingerprint density at radius 1 is 1.00 bits per heavy atom. The van der Waals surface area contributed by atoms with E-state index in [2.05, 4.69) is 30.6 Å². The van der Waals surface area contributed by atoms with E-state index >= 15 is 0 Å². The van der Waals surface area contributed by atoms with Gasteiger partial charge in [0.1, 0.15) is 0 Å². The third kappa shape index (κ3) is 3.87. The van der Waals surface area contributed by atoms with Crippen LogP contribution in [0.25, 0.3) is 9.69 Å². The van der Waals surface area contributed by atoms with Gasteiger partial charge in [0.05, 0.1) is 17.4 Å². The zero-order valence-corrected chi connectivity index (χ0v) is 14.9. The predicted molar refractivity (Wildman–Crippen MR) is 90.9 cm³/mol. The van der Waals surface area contributed by atoms with Gasteiger partial charge in [-0.15, -0.1) is 0 Å². The summed E-state index contributed by atoms with van der Waals surface area (Å²) in [6.07, 6.45) is -0.215. The van der Waals surface area contributed by atoms with Crippen LogP contribution in [0.4, 0.5) is 0 Å². The van der Waals surface area contributed by atoms with Crippen LogP contribution in [-0.4, -0.2) is 54.1 Å². The van der Waals surface area contributed by atoms with Gasteiger partial charge in [0.15, 0.2) is 6.29 Å². The zero-order valence-electron chi connectivity index (χ0n) is 14.1. The third-order valence-electron chi connectivity index (χ3n) is 5.63. The first kappa shape index (κ1) is 19.1. The average molecular weight is 382 g/mol. The number of azo groups is 1. The fourth-order valence-electron chi connectivity index (χ4n) is 4.28. The normalized spacial score (nSPS) is 43.5. The molecular formula is C15H22N6O4S. The van der Waals surface area contributed by atoms with Gasteiger partial charge in [-0.25, -0.2) is 23.8 Å². The minimum Gasteiger partial charge on any atom is -0.391 e. The van der Waals surface area contributed by atoms with E-state index in [-0.39, 0.29) is 11.8 Å². The van der Waals surface area contributed by atoms with Crippen LogP contribution in [0.15, 0.2) is 10.2 Å². The average Bonchev–Trinajstić information content (AvgIpc) is 3.02. The number of aliphatic hydroxyl groups is 1. The van der Waals surface area contributed by atoms with Gasteiger partial charge < -0.3 is 5.11 Å². The molecule has 0 bridgehead atoms. The van der Waals surface area contributed by atoms with Crippen molar-refractivity contribution in [3.63, 3.8) is 0 Å². The highest BCUT2D eigenvalue weighted by Crippen LogP contribution is 2.43. The van der Waals surface area contributed by atoms with Crippen molar-refractivity contribution in [1.82, 2.24) is 10.6 Å². The molecule has 3 rings (SSSR count). The molecule has 1 heterocycles. The molecule has 0 spiro atoms. The van der Waals surface area contributed by atoms with Crippen LogP contribution >= 0.6 is 0 Å². The molecule has 142 valence electrons. The fourth-order valence-corrected chi connectivity index (χ4v) is 5.20. The van der Waals surface area contributed by atoms with E-state index < -0.39 is 46.1 Å². The smallest absolute Gasteiger partial charge is 0.369 e. The van der Waals surface area contributed by atoms with Crippen molar-refractivity contribution in [3.8, 4) is 0 Å². The minimum atomic E-state index is -4.04. The summed E-state index contributed by atoms with van der Waals surface area (Å²) in [7, 11) is -4.04. The molecule has 1 aliphatic heterocycles. The van der Waals surface area contributed by atoms with Crippen molar-refractivity contribution in [2.75, 3.05) is 0 Å². The van der Waals surface area contributed by atoms with E-state index in [0.29, 0.717) is 32.1 Å². The van der Waals surface area contributed by atoms with Crippen LogP contribution < -0.4 is 10.6 Å². The molecule has 11 heteroatoms. The Labute approximate surface area is 152 Å². The minimum absolute atomic E-state index is 0.00947. The van der Waals surface area contributed by atoms with Gasteiger partial charge in [-0.1, -0.05) is 0 Å². The van der Waals surface area contributed by atoms with Crippen molar-refractivity contribution < 1.29 is 18.1 Å². The molecular weight excluding hydrogens is 360 g/mol. The summed E-state index contributed by atoms with van der Waals surface area (Å²) < 4.78 is 32.2. The Kier molecular flexibility index (Phi) is 5.55. The molecule has 3 aliphatic rings. The van der Waals surface area contributed by atoms with E-state index in [1.54, 1.807) is 0 Å². The molecule has 1 saturated heterocycles. The number of rotatable bonds is 3. The lowest BCUT2D eigenvalue weighted by atomic mass is 9.67. The molecule has 0 radical (unpaired) electrons. The zero-order chi connectivity index (χ0) is 18.9. The highest BCUT2D eigenvalue weighted by molar-refractivity contribution is 7.86. The second-order valence-electron chi connectivity index (χ2n) is 7.12. The summed E-state index contributed by atoms with van der Waals surface area (Å²) >= 11 is 0. The first-order valence-electron chi connectivity index (χ1n) is 8.63. The van der Waals surface area contributed by atoms with Gasteiger partial charge in [-0.3, -0.25) is 14.2 Å². The largest absolute Gasteiger partial charge is 0.391 e. The molecule has 26 heavy (non-hydrogen) atoms. The van der Waals surface area contributed by atoms with Gasteiger partial charge in [-0.2, -0.15) is 18.6 Å². The summed E-state index contributed by atoms with van der Waals surface area (Å²) in [6, 6.07) is -0.446. The topological polar surface area (TPSA) is 132 Å². The number of aliphatic hydroxyl groups excluding tert-OH is 1. The lowest BCUT2D eigenvalue weighted by molar-refractivity contribution is 0.0239. The molecule has 2 saturated carbocycles. The van der Waals surface area contributed by atoms with E-state index in [1.165, 1.54) is 0 Å². The molecule has 7 atom stereocenters. The Bertz CT molecular complexity index is 722. The quantitative estimate of drug-likeness (QED) is 0.321. The Balaban J connectivity index is 1.68. The van der Waals surface area contributed by atoms with Crippen LogP contribution in [0.2, 0.25) is 0 Å². The van der Waals surface area contributed by atoms with Crippen LogP contribution in [0.1, 0.15) is 32.1 Å². The van der Waals surface area contributed by atoms with E-state index in [1.807, 2.05) is 0 Å². The van der Waals surface area contributed by atoms with Crippen molar-refractivity contribution >= 4 is 10.1 Å². The summed E-state index contributed by atoms with van der Waals surface area (Å²) in [5.74, 6) is 0.0784. The van der Waals surface area contributed by atoms with Crippen molar-refractivity contribution in [2.24, 2.45) is 22.1 Å². The molecule has 0 aromatic heterocycles. The van der Waals surface area contributed by atoms with E-state index in [0.717, 1.165) is 0 Å². The molecule has 10 nitrogen and oxygen atoms in total. The van der Waals surface area contributed by atoms with Gasteiger partial charge >= 0.3 is 12.3 Å². The van der Waals surface area contributed by atoms with E-state index in [9.17, 15) is 18.1 Å². The van der Waals surface area contributed by atoms with Gasteiger partial charge in [0, 0.05) is 0 Å². The summed E-state index contributed by atoms with van der Waals surface area (Å²) in [4.78, 5) is 6.66. The first-order valence-corrected chi connectivity index (χ1v) is 10.1. The van der Waals surface area contributed by atoms with E-state index in [4.69, 9.17) is 13.1 Å². The number of nitrogens with one attached hydrogen (secondary N) is 2. The van der Waals surface area contributed by atoms with Gasteiger partial charge in [0.25, 0.3) is 10.1 Å². The maximum Gasteiger partial charge on any atom is 0.369 e. The second-order valence-corrected chi connectivity index (χ2v) is 8.82. The number of nitrogens with zero attached hydrogens (tertiary/aromatic N) is 4. The highest BCUT2D eigenvalue weighted by atomic mass is 32.2. The number of hydrogen-bond acceptors (Lipinski definition) is 7. The standard InChI is InChI=1S/C15H22N6O4S/c1-16-13-14(17-2)19-15(18-13)21-20-12-10-5-4-9(26(23,24)25)7-8(10)3-6-11(12)22/h8-15,18-19,22H,3-7H2,(H,23,24,25). The van der Waals surface area contributed by atoms with Crippen LogP contribution in [0.3, 0.4) is 0 Å². The maximum atomic E-state index is 11.4. The molecule has 0 amide bonds.